The van der Waals surface area contributed by atoms with Crippen molar-refractivity contribution in [1.29, 1.82) is 0 Å². The molecule has 2 aromatic rings. The minimum atomic E-state index is -6.00. The van der Waals surface area contributed by atoms with Crippen LogP contribution in [-0.2, 0) is 19.5 Å². The Balaban J connectivity index is 0. The van der Waals surface area contributed by atoms with Crippen molar-refractivity contribution >= 4 is 49.5 Å². The predicted octanol–water partition coefficient (Wildman–Crippen LogP) is 14.0. The molecule has 2 nitrogen and oxygen atoms in total. The van der Waals surface area contributed by atoms with Gasteiger partial charge in [-0.15, -0.1) is 0 Å². The van der Waals surface area contributed by atoms with Gasteiger partial charge in [0.2, 0.25) is 0 Å². The summed E-state index contributed by atoms with van der Waals surface area (Å²) >= 11 is 0. The van der Waals surface area contributed by atoms with E-state index in [-0.39, 0.29) is 19.5 Å². The number of para-hydroxylation sites is 2. The zero-order valence-electron chi connectivity index (χ0n) is 32.2. The van der Waals surface area contributed by atoms with Crippen molar-refractivity contribution in [1.82, 2.24) is 0 Å². The summed E-state index contributed by atoms with van der Waals surface area (Å²) < 4.78 is 128. The molecule has 5 rings (SSSR count). The van der Waals surface area contributed by atoms with Crippen molar-refractivity contribution in [3.8, 4) is 11.5 Å². The SMILES string of the molecule is C1=C\CC/C=C\CC/1.COc1ccccc1PC1(C)CCCCC1.COc1ccccc1PC1(C)CCCCC1.F[B-](F)(F)F.F[B-](F)(F)F.F[B-](F)(F)F.[Rh+3]. The van der Waals surface area contributed by atoms with Gasteiger partial charge in [-0.05, 0) is 73.8 Å². The number of hydrogen-bond donors (Lipinski definition) is 0. The van der Waals surface area contributed by atoms with Gasteiger partial charge in [0.15, 0.2) is 0 Å². The van der Waals surface area contributed by atoms with Crippen molar-refractivity contribution in [3.05, 3.63) is 72.8 Å². The van der Waals surface area contributed by atoms with Gasteiger partial charge in [-0.1, -0.05) is 130 Å². The molecular formula is C36H54B3F12O2P2Rh. The number of hydrogen-bond acceptors (Lipinski definition) is 2. The number of ether oxygens (including phenoxy) is 2. The van der Waals surface area contributed by atoms with E-state index in [9.17, 15) is 51.8 Å². The van der Waals surface area contributed by atoms with E-state index in [1.54, 1.807) is 14.2 Å². The fraction of sp³-hybridized carbons (Fsp3) is 0.556. The van der Waals surface area contributed by atoms with Crippen molar-refractivity contribution in [2.75, 3.05) is 14.2 Å². The largest absolute Gasteiger partial charge is 3.00 e. The molecule has 0 aromatic heterocycles. The zero-order chi connectivity index (χ0) is 42.0. The van der Waals surface area contributed by atoms with Crippen LogP contribution in [-0.4, -0.2) is 46.3 Å². The molecule has 2 fully saturated rings. The van der Waals surface area contributed by atoms with Crippen LogP contribution >= 0.6 is 17.2 Å². The fourth-order valence-electron chi connectivity index (χ4n) is 5.92. The van der Waals surface area contributed by atoms with Gasteiger partial charge in [0, 0.05) is 10.6 Å². The maximum Gasteiger partial charge on any atom is 3.00 e. The second-order valence-corrected chi connectivity index (χ2v) is 17.5. The summed E-state index contributed by atoms with van der Waals surface area (Å²) in [5.41, 5.74) is 0. The first-order valence-corrected chi connectivity index (χ1v) is 20.2. The maximum atomic E-state index is 9.75. The standard InChI is InChI=1S/2C14H21OP.C8H12.3BF4.Rh/c2*1-14(10-6-3-7-11-14)16-13-9-5-4-8-12(13)15-2;1-2-4-6-8-7-5-3-1;3*2-1(3,4)5;/h2*4-5,8-9,16H,3,6-7,10-11H2,1-2H3;1-2,7-8H,3-6H2;;;;/q;;;3*-1;+3/b;;2-1-,8-7-;;;;. The van der Waals surface area contributed by atoms with E-state index < -0.39 is 21.8 Å². The van der Waals surface area contributed by atoms with Gasteiger partial charge < -0.3 is 61.3 Å². The molecule has 0 N–H and O–H groups in total. The molecule has 3 aliphatic rings. The molecule has 2 saturated carbocycles. The molecule has 3 aliphatic carbocycles. The van der Waals surface area contributed by atoms with Gasteiger partial charge in [0.1, 0.15) is 11.5 Å². The number of halogens is 12. The van der Waals surface area contributed by atoms with Crippen LogP contribution < -0.4 is 20.1 Å². The molecule has 0 radical (unpaired) electrons. The zero-order valence-corrected chi connectivity index (χ0v) is 35.9. The Hall–Kier alpha value is -1.64. The third kappa shape index (κ3) is 35.5. The van der Waals surface area contributed by atoms with Crippen LogP contribution in [0.5, 0.6) is 11.5 Å². The van der Waals surface area contributed by atoms with E-state index in [4.69, 9.17) is 9.47 Å². The van der Waals surface area contributed by atoms with E-state index in [2.05, 4.69) is 86.7 Å². The summed E-state index contributed by atoms with van der Waals surface area (Å²) in [6, 6.07) is 16.9. The molecule has 0 saturated heterocycles. The number of methoxy groups -OCH3 is 2. The van der Waals surface area contributed by atoms with Crippen LogP contribution in [0.15, 0.2) is 72.8 Å². The van der Waals surface area contributed by atoms with Gasteiger partial charge in [0.05, 0.1) is 14.2 Å². The molecule has 0 aliphatic heterocycles. The molecule has 0 spiro atoms. The van der Waals surface area contributed by atoms with Crippen molar-refractivity contribution in [2.24, 2.45) is 0 Å². The van der Waals surface area contributed by atoms with Gasteiger partial charge in [0.25, 0.3) is 0 Å². The molecule has 0 heterocycles. The summed E-state index contributed by atoms with van der Waals surface area (Å²) in [5.74, 6) is 2.13. The number of rotatable bonds is 6. The first-order chi connectivity index (χ1) is 25.5. The monoisotopic (exact) mass is 944 g/mol. The van der Waals surface area contributed by atoms with Crippen LogP contribution in [0.3, 0.4) is 0 Å². The van der Waals surface area contributed by atoms with E-state index in [1.165, 1.54) is 101 Å². The Kier molecular flexibility index (Phi) is 29.8. The summed E-state index contributed by atoms with van der Waals surface area (Å²) in [6.45, 7) is 4.88. The van der Waals surface area contributed by atoms with Crippen LogP contribution in [0.25, 0.3) is 0 Å². The quantitative estimate of drug-likeness (QED) is 0.124. The third-order valence-corrected chi connectivity index (χ3v) is 11.9. The normalized spacial score (nSPS) is 18.7. The Morgan fingerprint density at radius 3 is 0.911 bits per heavy atom. The van der Waals surface area contributed by atoms with Gasteiger partial charge in [-0.25, -0.2) is 0 Å². The van der Waals surface area contributed by atoms with Gasteiger partial charge in [-0.2, -0.15) is 0 Å². The van der Waals surface area contributed by atoms with Crippen LogP contribution in [0, 0.1) is 0 Å². The molecule has 56 heavy (non-hydrogen) atoms. The van der Waals surface area contributed by atoms with Crippen molar-refractivity contribution < 1.29 is 80.7 Å². The van der Waals surface area contributed by atoms with E-state index in [0.29, 0.717) is 10.3 Å². The smallest absolute Gasteiger partial charge is 0.496 e. The second-order valence-electron chi connectivity index (χ2n) is 13.5. The predicted molar refractivity (Wildman–Crippen MR) is 212 cm³/mol. The van der Waals surface area contributed by atoms with E-state index in [0.717, 1.165) is 28.7 Å². The summed E-state index contributed by atoms with van der Waals surface area (Å²) in [7, 11) is -12.7. The number of benzene rings is 2. The Morgan fingerprint density at radius 1 is 0.446 bits per heavy atom. The summed E-state index contributed by atoms with van der Waals surface area (Å²) in [4.78, 5) is 0. The first-order valence-electron chi connectivity index (χ1n) is 18.2. The van der Waals surface area contributed by atoms with Gasteiger partial charge >= 0.3 is 41.2 Å². The fourth-order valence-corrected chi connectivity index (χ4v) is 9.40. The van der Waals surface area contributed by atoms with E-state index in [1.807, 2.05) is 0 Å². The molecule has 0 bridgehead atoms. The second kappa shape index (κ2) is 29.5. The number of allylic oxidation sites excluding steroid dienone is 4. The molecule has 2 unspecified atom stereocenters. The molecule has 0 amide bonds. The topological polar surface area (TPSA) is 18.5 Å². The average Bonchev–Trinajstić information content (AvgIpc) is 3.04. The van der Waals surface area contributed by atoms with Crippen molar-refractivity contribution in [2.45, 2.75) is 114 Å². The van der Waals surface area contributed by atoms with Gasteiger partial charge in [-0.3, -0.25) is 0 Å². The average molecular weight is 944 g/mol. The minimum Gasteiger partial charge on any atom is -0.496 e. The van der Waals surface area contributed by atoms with Crippen LogP contribution in [0.4, 0.5) is 51.8 Å². The third-order valence-electron chi connectivity index (χ3n) is 8.33. The Morgan fingerprint density at radius 2 is 0.679 bits per heavy atom. The molecular weight excluding hydrogens is 890 g/mol. The molecule has 2 aromatic carbocycles. The van der Waals surface area contributed by atoms with Crippen LogP contribution in [0.2, 0.25) is 0 Å². The Labute approximate surface area is 341 Å². The molecule has 322 valence electrons. The molecule has 2 atom stereocenters. The van der Waals surface area contributed by atoms with Crippen LogP contribution in [0.1, 0.15) is 104 Å². The first kappa shape index (κ1) is 56.5. The van der Waals surface area contributed by atoms with Crippen molar-refractivity contribution in [3.63, 3.8) is 0 Å². The minimum absolute atomic E-state index is 0. The summed E-state index contributed by atoms with van der Waals surface area (Å²) in [5, 5.41) is 3.84. The summed E-state index contributed by atoms with van der Waals surface area (Å²) in [6.07, 6.45) is 28.0. The Bertz CT molecular complexity index is 1210. The van der Waals surface area contributed by atoms with E-state index >= 15 is 0 Å². The maximum absolute atomic E-state index is 9.75. The molecule has 20 heteroatoms.